The van der Waals surface area contributed by atoms with E-state index >= 15 is 0 Å². The van der Waals surface area contributed by atoms with Crippen LogP contribution in [0.3, 0.4) is 0 Å². The van der Waals surface area contributed by atoms with E-state index in [1.807, 2.05) is 27.9 Å². The number of nitrogens with zero attached hydrogens (tertiary/aromatic N) is 5. The van der Waals surface area contributed by atoms with Crippen LogP contribution in [-0.2, 0) is 23.0 Å². The molecule has 0 bridgehead atoms. The minimum absolute atomic E-state index is 0.0616. The fraction of sp³-hybridized carbons (Fsp3) is 0.625. The van der Waals surface area contributed by atoms with Gasteiger partial charge in [0.25, 0.3) is 0 Å². The second-order valence-electron chi connectivity index (χ2n) is 6.41. The van der Waals surface area contributed by atoms with Gasteiger partial charge in [0.05, 0.1) is 24.6 Å². The maximum atomic E-state index is 12.5. The molecule has 24 heavy (non-hydrogen) atoms. The summed E-state index contributed by atoms with van der Waals surface area (Å²) in [4.78, 5) is 18.7. The molecule has 0 unspecified atom stereocenters. The number of aromatic nitrogens is 5. The van der Waals surface area contributed by atoms with Crippen LogP contribution in [0.5, 0.6) is 0 Å². The second-order valence-corrected chi connectivity index (χ2v) is 6.41. The lowest BCUT2D eigenvalue weighted by atomic mass is 10.00. The topological polar surface area (TPSA) is 88.9 Å². The van der Waals surface area contributed by atoms with Gasteiger partial charge in [-0.3, -0.25) is 14.6 Å². The summed E-state index contributed by atoms with van der Waals surface area (Å²) in [6.45, 7) is 5.06. The van der Waals surface area contributed by atoms with Crippen molar-refractivity contribution in [1.82, 2.24) is 29.9 Å². The van der Waals surface area contributed by atoms with Gasteiger partial charge in [0, 0.05) is 38.5 Å². The van der Waals surface area contributed by atoms with E-state index in [0.717, 1.165) is 29.3 Å². The quantitative estimate of drug-likeness (QED) is 0.872. The normalized spacial score (nSPS) is 20.5. The van der Waals surface area contributed by atoms with Gasteiger partial charge in [-0.1, -0.05) is 0 Å². The first kappa shape index (κ1) is 16.6. The van der Waals surface area contributed by atoms with Crippen LogP contribution in [0.1, 0.15) is 35.2 Å². The Labute approximate surface area is 141 Å². The minimum atomic E-state index is -0.0656. The molecule has 1 aliphatic rings. The molecule has 1 saturated heterocycles. The zero-order chi connectivity index (χ0) is 17.3. The summed E-state index contributed by atoms with van der Waals surface area (Å²) in [6, 6.07) is 0. The molecule has 2 aromatic rings. The number of rotatable bonds is 5. The lowest BCUT2D eigenvalue weighted by molar-refractivity contribution is -0.130. The Morgan fingerprint density at radius 1 is 1.50 bits per heavy atom. The van der Waals surface area contributed by atoms with E-state index in [1.54, 1.807) is 15.8 Å². The fourth-order valence-electron chi connectivity index (χ4n) is 3.04. The zero-order valence-corrected chi connectivity index (χ0v) is 14.6. The summed E-state index contributed by atoms with van der Waals surface area (Å²) >= 11 is 0. The average molecular weight is 332 g/mol. The van der Waals surface area contributed by atoms with E-state index in [4.69, 9.17) is 4.74 Å². The largest absolute Gasteiger partial charge is 0.376 e. The molecular formula is C16H24N6O2. The van der Waals surface area contributed by atoms with Crippen molar-refractivity contribution in [2.75, 3.05) is 20.2 Å². The highest BCUT2D eigenvalue weighted by Crippen LogP contribution is 2.29. The first-order valence-corrected chi connectivity index (χ1v) is 8.17. The summed E-state index contributed by atoms with van der Waals surface area (Å²) in [6.07, 6.45) is 2.93. The number of hydrogen-bond acceptors (Lipinski definition) is 5. The summed E-state index contributed by atoms with van der Waals surface area (Å²) < 4.78 is 7.61. The van der Waals surface area contributed by atoms with Gasteiger partial charge in [-0.05, 0) is 20.3 Å². The van der Waals surface area contributed by atoms with Crippen molar-refractivity contribution in [3.05, 3.63) is 29.1 Å². The Balaban J connectivity index is 1.62. The average Bonchev–Trinajstić information content (AvgIpc) is 3.24. The molecule has 1 amide bonds. The summed E-state index contributed by atoms with van der Waals surface area (Å²) in [7, 11) is 3.69. The molecule has 0 spiro atoms. The van der Waals surface area contributed by atoms with Gasteiger partial charge < -0.3 is 9.64 Å². The molecule has 0 radical (unpaired) electrons. The summed E-state index contributed by atoms with van der Waals surface area (Å²) in [5, 5.41) is 11.3. The Hall–Kier alpha value is -2.22. The van der Waals surface area contributed by atoms with Gasteiger partial charge in [-0.15, -0.1) is 0 Å². The van der Waals surface area contributed by atoms with Crippen LogP contribution in [0.25, 0.3) is 0 Å². The van der Waals surface area contributed by atoms with E-state index < -0.39 is 0 Å². The molecule has 1 fully saturated rings. The first-order valence-electron chi connectivity index (χ1n) is 8.17. The third-order valence-corrected chi connectivity index (χ3v) is 4.71. The van der Waals surface area contributed by atoms with Crippen molar-refractivity contribution < 1.29 is 9.53 Å². The summed E-state index contributed by atoms with van der Waals surface area (Å²) in [5.41, 5.74) is 1.98. The third kappa shape index (κ3) is 3.33. The fourth-order valence-corrected chi connectivity index (χ4v) is 3.04. The maximum Gasteiger partial charge on any atom is 0.226 e. The molecule has 130 valence electrons. The van der Waals surface area contributed by atoms with Crippen molar-refractivity contribution in [2.24, 2.45) is 7.05 Å². The molecule has 2 aromatic heterocycles. The Morgan fingerprint density at radius 3 is 2.92 bits per heavy atom. The SMILES string of the molecule is Cc1nc([C@@H]2CCO[C@@H]2CN(C)C(=O)Cc2cnn(C)c2C)n[nH]1. The maximum absolute atomic E-state index is 12.5. The number of ether oxygens (including phenoxy) is 1. The number of carbonyl (C=O) groups excluding carboxylic acids is 1. The van der Waals surface area contributed by atoms with Crippen LogP contribution >= 0.6 is 0 Å². The van der Waals surface area contributed by atoms with E-state index in [0.29, 0.717) is 19.6 Å². The highest BCUT2D eigenvalue weighted by atomic mass is 16.5. The number of aryl methyl sites for hydroxylation is 2. The Kier molecular flexibility index (Phi) is 4.66. The molecule has 1 aliphatic heterocycles. The highest BCUT2D eigenvalue weighted by Gasteiger charge is 2.34. The van der Waals surface area contributed by atoms with Crippen molar-refractivity contribution in [3.8, 4) is 0 Å². The predicted molar refractivity (Wildman–Crippen MR) is 87.5 cm³/mol. The van der Waals surface area contributed by atoms with Crippen LogP contribution < -0.4 is 0 Å². The third-order valence-electron chi connectivity index (χ3n) is 4.71. The molecule has 0 saturated carbocycles. The summed E-state index contributed by atoms with van der Waals surface area (Å²) in [5.74, 6) is 1.77. The zero-order valence-electron chi connectivity index (χ0n) is 14.6. The van der Waals surface area contributed by atoms with Gasteiger partial charge in [0.15, 0.2) is 5.82 Å². The molecule has 2 atom stereocenters. The second kappa shape index (κ2) is 6.72. The van der Waals surface area contributed by atoms with Crippen molar-refractivity contribution >= 4 is 5.91 Å². The van der Waals surface area contributed by atoms with E-state index in [1.165, 1.54) is 0 Å². The van der Waals surface area contributed by atoms with Crippen LogP contribution in [0.4, 0.5) is 0 Å². The molecule has 0 aliphatic carbocycles. The molecule has 3 heterocycles. The lowest BCUT2D eigenvalue weighted by Crippen LogP contribution is -2.37. The number of H-pyrrole nitrogens is 1. The Morgan fingerprint density at radius 2 is 2.29 bits per heavy atom. The monoisotopic (exact) mass is 332 g/mol. The highest BCUT2D eigenvalue weighted by molar-refractivity contribution is 5.78. The molecule has 1 N–H and O–H groups in total. The number of likely N-dealkylation sites (N-methyl/N-ethyl adjacent to an activating group) is 1. The van der Waals surface area contributed by atoms with Crippen LogP contribution in [-0.4, -0.2) is 62.1 Å². The van der Waals surface area contributed by atoms with E-state index in [2.05, 4.69) is 20.3 Å². The van der Waals surface area contributed by atoms with Crippen molar-refractivity contribution in [2.45, 2.75) is 38.7 Å². The van der Waals surface area contributed by atoms with Crippen molar-refractivity contribution in [3.63, 3.8) is 0 Å². The predicted octanol–water partition coefficient (Wildman–Crippen LogP) is 0.729. The number of nitrogens with one attached hydrogen (secondary N) is 1. The van der Waals surface area contributed by atoms with Crippen molar-refractivity contribution in [1.29, 1.82) is 0 Å². The smallest absolute Gasteiger partial charge is 0.226 e. The number of amides is 1. The standard InChI is InChI=1S/C16H24N6O2/c1-10-12(8-17-22(10)4)7-15(23)21(3)9-14-13(5-6-24-14)16-18-11(2)19-20-16/h8,13-14H,5-7,9H2,1-4H3,(H,18,19,20)/t13-,14-/m1/s1. The van der Waals surface area contributed by atoms with Gasteiger partial charge in [0.2, 0.25) is 5.91 Å². The molecular weight excluding hydrogens is 308 g/mol. The van der Waals surface area contributed by atoms with Gasteiger partial charge in [-0.25, -0.2) is 4.98 Å². The first-order chi connectivity index (χ1) is 11.5. The molecule has 3 rings (SSSR count). The number of carbonyl (C=O) groups is 1. The minimum Gasteiger partial charge on any atom is -0.376 e. The number of aromatic amines is 1. The molecule has 8 heteroatoms. The lowest BCUT2D eigenvalue weighted by Gasteiger charge is -2.23. The van der Waals surface area contributed by atoms with Gasteiger partial charge in [0.1, 0.15) is 5.82 Å². The van der Waals surface area contributed by atoms with Gasteiger partial charge in [-0.2, -0.15) is 10.2 Å². The molecule has 8 nitrogen and oxygen atoms in total. The Bertz CT molecular complexity index is 722. The van der Waals surface area contributed by atoms with E-state index in [9.17, 15) is 4.79 Å². The van der Waals surface area contributed by atoms with Crippen LogP contribution in [0.2, 0.25) is 0 Å². The van der Waals surface area contributed by atoms with Gasteiger partial charge >= 0.3 is 0 Å². The van der Waals surface area contributed by atoms with Crippen LogP contribution in [0, 0.1) is 13.8 Å². The van der Waals surface area contributed by atoms with E-state index in [-0.39, 0.29) is 17.9 Å². The number of hydrogen-bond donors (Lipinski definition) is 1. The molecule has 0 aromatic carbocycles. The van der Waals surface area contributed by atoms with Crippen LogP contribution in [0.15, 0.2) is 6.20 Å².